The largest absolute Gasteiger partial charge is 0.338 e. The third-order valence-corrected chi connectivity index (χ3v) is 4.33. The fourth-order valence-electron chi connectivity index (χ4n) is 2.07. The summed E-state index contributed by atoms with van der Waals surface area (Å²) in [7, 11) is 1.75. The van der Waals surface area contributed by atoms with Crippen molar-refractivity contribution in [1.82, 2.24) is 30.1 Å². The number of carbonyl (C=O) groups is 1. The van der Waals surface area contributed by atoms with E-state index in [4.69, 9.17) is 0 Å². The van der Waals surface area contributed by atoms with Crippen molar-refractivity contribution >= 4 is 17.2 Å². The fraction of sp³-hybridized carbons (Fsp3) is 0.267. The fourth-order valence-corrected chi connectivity index (χ4v) is 2.89. The molecule has 1 amide bonds. The molecule has 2 aromatic heterocycles. The summed E-state index contributed by atoms with van der Waals surface area (Å²) in [4.78, 5) is 18.5. The molecule has 3 rings (SSSR count). The third kappa shape index (κ3) is 3.59. The molecule has 0 aliphatic heterocycles. The van der Waals surface area contributed by atoms with Crippen molar-refractivity contribution in [2.24, 2.45) is 0 Å². The minimum absolute atomic E-state index is 0.0605. The Bertz CT molecular complexity index is 797. The second-order valence-electron chi connectivity index (χ2n) is 5.14. The molecule has 0 spiro atoms. The predicted octanol–water partition coefficient (Wildman–Crippen LogP) is 1.76. The highest BCUT2D eigenvalue weighted by Gasteiger charge is 2.14. The summed E-state index contributed by atoms with van der Waals surface area (Å²) in [5.41, 5.74) is 1.96. The Morgan fingerprint density at radius 2 is 2.09 bits per heavy atom. The van der Waals surface area contributed by atoms with E-state index < -0.39 is 0 Å². The first-order valence-corrected chi connectivity index (χ1v) is 7.98. The number of hydrogen-bond donors (Lipinski definition) is 0. The molecule has 1 aromatic carbocycles. The minimum atomic E-state index is -0.0605. The summed E-state index contributed by atoms with van der Waals surface area (Å²) in [6, 6.07) is 10.0. The number of aromatic nitrogens is 5. The molecule has 0 unspecified atom stereocenters. The molecular formula is C15H16N6OS. The molecule has 3 aromatic rings. The van der Waals surface area contributed by atoms with Crippen LogP contribution in [0, 0.1) is 6.92 Å². The van der Waals surface area contributed by atoms with Crippen LogP contribution in [0.4, 0.5) is 0 Å². The first kappa shape index (κ1) is 15.3. The van der Waals surface area contributed by atoms with Gasteiger partial charge in [-0.25, -0.2) is 9.67 Å². The van der Waals surface area contributed by atoms with Crippen molar-refractivity contribution in [3.05, 3.63) is 47.2 Å². The molecule has 8 heteroatoms. The number of thiazole rings is 1. The SMILES string of the molecule is Cc1nnnn1CC(=O)N(C)Cc1csc(-c2ccccc2)n1. The van der Waals surface area contributed by atoms with Crippen LogP contribution in [-0.4, -0.2) is 43.0 Å². The monoisotopic (exact) mass is 328 g/mol. The molecule has 0 bridgehead atoms. The average molecular weight is 328 g/mol. The molecule has 23 heavy (non-hydrogen) atoms. The van der Waals surface area contributed by atoms with Crippen molar-refractivity contribution < 1.29 is 4.79 Å². The highest BCUT2D eigenvalue weighted by Crippen LogP contribution is 2.23. The Balaban J connectivity index is 1.64. The Kier molecular flexibility index (Phi) is 4.42. The Morgan fingerprint density at radius 3 is 2.78 bits per heavy atom. The maximum Gasteiger partial charge on any atom is 0.244 e. The quantitative estimate of drug-likeness (QED) is 0.713. The highest BCUT2D eigenvalue weighted by atomic mass is 32.1. The molecule has 2 heterocycles. The van der Waals surface area contributed by atoms with Gasteiger partial charge >= 0.3 is 0 Å². The van der Waals surface area contributed by atoms with Gasteiger partial charge in [-0.05, 0) is 17.4 Å². The average Bonchev–Trinajstić information content (AvgIpc) is 3.18. The van der Waals surface area contributed by atoms with Crippen molar-refractivity contribution in [3.8, 4) is 10.6 Å². The number of aryl methyl sites for hydroxylation is 1. The van der Waals surface area contributed by atoms with E-state index in [1.165, 1.54) is 4.68 Å². The first-order chi connectivity index (χ1) is 11.1. The number of carbonyl (C=O) groups excluding carboxylic acids is 1. The lowest BCUT2D eigenvalue weighted by Gasteiger charge is -2.15. The van der Waals surface area contributed by atoms with Crippen LogP contribution >= 0.6 is 11.3 Å². The van der Waals surface area contributed by atoms with Crippen molar-refractivity contribution in [3.63, 3.8) is 0 Å². The Labute approximate surface area is 137 Å². The van der Waals surface area contributed by atoms with Gasteiger partial charge in [0.25, 0.3) is 0 Å². The molecule has 0 saturated heterocycles. The topological polar surface area (TPSA) is 76.8 Å². The lowest BCUT2D eigenvalue weighted by molar-refractivity contribution is -0.131. The summed E-state index contributed by atoms with van der Waals surface area (Å²) < 4.78 is 1.48. The van der Waals surface area contributed by atoms with Crippen LogP contribution in [0.25, 0.3) is 10.6 Å². The van der Waals surface area contributed by atoms with E-state index in [0.717, 1.165) is 16.3 Å². The number of tetrazole rings is 1. The Hall–Kier alpha value is -2.61. The third-order valence-electron chi connectivity index (χ3n) is 3.39. The summed E-state index contributed by atoms with van der Waals surface area (Å²) in [5, 5.41) is 14.0. The van der Waals surface area contributed by atoms with Crippen molar-refractivity contribution in [1.29, 1.82) is 0 Å². The second-order valence-corrected chi connectivity index (χ2v) is 6.00. The molecule has 0 aliphatic carbocycles. The lowest BCUT2D eigenvalue weighted by atomic mass is 10.2. The summed E-state index contributed by atoms with van der Waals surface area (Å²) >= 11 is 1.58. The van der Waals surface area contributed by atoms with Crippen LogP contribution in [-0.2, 0) is 17.9 Å². The Morgan fingerprint density at radius 1 is 1.30 bits per heavy atom. The molecule has 118 valence electrons. The lowest BCUT2D eigenvalue weighted by Crippen LogP contribution is -2.30. The van der Waals surface area contributed by atoms with Crippen molar-refractivity contribution in [2.75, 3.05) is 7.05 Å². The second kappa shape index (κ2) is 6.66. The molecule has 0 saturated carbocycles. The number of nitrogens with zero attached hydrogens (tertiary/aromatic N) is 6. The normalized spacial score (nSPS) is 10.7. The first-order valence-electron chi connectivity index (χ1n) is 7.10. The van der Waals surface area contributed by atoms with Gasteiger partial charge in [0, 0.05) is 18.0 Å². The maximum atomic E-state index is 12.2. The molecule has 0 aliphatic rings. The van der Waals surface area contributed by atoms with Gasteiger partial charge in [-0.2, -0.15) is 0 Å². The number of amides is 1. The van der Waals surface area contributed by atoms with Crippen LogP contribution in [0.1, 0.15) is 11.5 Å². The van der Waals surface area contributed by atoms with Crippen LogP contribution in [0.3, 0.4) is 0 Å². The van der Waals surface area contributed by atoms with Gasteiger partial charge in [0.15, 0.2) is 0 Å². The van der Waals surface area contributed by atoms with Gasteiger partial charge in [-0.15, -0.1) is 16.4 Å². The van der Waals surface area contributed by atoms with Crippen LogP contribution in [0.5, 0.6) is 0 Å². The van der Waals surface area contributed by atoms with E-state index in [2.05, 4.69) is 20.5 Å². The molecule has 0 radical (unpaired) electrons. The molecule has 7 nitrogen and oxygen atoms in total. The smallest absolute Gasteiger partial charge is 0.244 e. The van der Waals surface area contributed by atoms with E-state index in [0.29, 0.717) is 12.4 Å². The van der Waals surface area contributed by atoms with Gasteiger partial charge in [0.05, 0.1) is 12.2 Å². The summed E-state index contributed by atoms with van der Waals surface area (Å²) in [6.07, 6.45) is 0. The standard InChI is InChI=1S/C15H16N6OS/c1-11-17-18-19-21(11)9-14(22)20(2)8-13-10-23-15(16-13)12-6-4-3-5-7-12/h3-7,10H,8-9H2,1-2H3. The minimum Gasteiger partial charge on any atom is -0.338 e. The van der Waals surface area contributed by atoms with Gasteiger partial charge in [-0.1, -0.05) is 30.3 Å². The van der Waals surface area contributed by atoms with Gasteiger partial charge in [0.2, 0.25) is 5.91 Å². The summed E-state index contributed by atoms with van der Waals surface area (Å²) in [6.45, 7) is 2.36. The predicted molar refractivity (Wildman–Crippen MR) is 86.6 cm³/mol. The van der Waals surface area contributed by atoms with Crippen LogP contribution < -0.4 is 0 Å². The zero-order chi connectivity index (χ0) is 16.2. The number of rotatable bonds is 5. The maximum absolute atomic E-state index is 12.2. The van der Waals surface area contributed by atoms with Crippen molar-refractivity contribution in [2.45, 2.75) is 20.0 Å². The molecule has 0 fully saturated rings. The number of benzene rings is 1. The highest BCUT2D eigenvalue weighted by molar-refractivity contribution is 7.13. The number of likely N-dealkylation sites (N-methyl/N-ethyl adjacent to an activating group) is 1. The number of hydrogen-bond acceptors (Lipinski definition) is 6. The molecular weight excluding hydrogens is 312 g/mol. The zero-order valence-corrected chi connectivity index (χ0v) is 13.7. The zero-order valence-electron chi connectivity index (χ0n) is 12.9. The van der Waals surface area contributed by atoms with E-state index in [9.17, 15) is 4.79 Å². The van der Waals surface area contributed by atoms with E-state index in [1.54, 1.807) is 30.2 Å². The summed E-state index contributed by atoms with van der Waals surface area (Å²) in [5.74, 6) is 0.557. The van der Waals surface area contributed by atoms with Gasteiger partial charge in [-0.3, -0.25) is 4.79 Å². The van der Waals surface area contributed by atoms with E-state index in [-0.39, 0.29) is 12.5 Å². The van der Waals surface area contributed by atoms with Crippen LogP contribution in [0.15, 0.2) is 35.7 Å². The van der Waals surface area contributed by atoms with Gasteiger partial charge in [0.1, 0.15) is 17.4 Å². The van der Waals surface area contributed by atoms with Crippen LogP contribution in [0.2, 0.25) is 0 Å². The van der Waals surface area contributed by atoms with Gasteiger partial charge < -0.3 is 4.90 Å². The molecule has 0 N–H and O–H groups in total. The molecule has 0 atom stereocenters. The van der Waals surface area contributed by atoms with E-state index in [1.807, 2.05) is 35.7 Å². The van der Waals surface area contributed by atoms with E-state index >= 15 is 0 Å².